The van der Waals surface area contributed by atoms with Crippen LogP contribution >= 0.6 is 24.0 Å². The molecule has 0 aliphatic carbocycles. The van der Waals surface area contributed by atoms with Gasteiger partial charge in [-0.25, -0.2) is 4.98 Å². The van der Waals surface area contributed by atoms with Gasteiger partial charge >= 0.3 is 0 Å². The van der Waals surface area contributed by atoms with Gasteiger partial charge in [-0.2, -0.15) is 0 Å². The number of guanidine groups is 1. The fraction of sp³-hybridized carbons (Fsp3) is 0.524. The molecule has 2 N–H and O–H groups in total. The van der Waals surface area contributed by atoms with Crippen molar-refractivity contribution in [2.45, 2.75) is 33.6 Å². The highest BCUT2D eigenvalue weighted by Gasteiger charge is 2.07. The van der Waals surface area contributed by atoms with Crippen LogP contribution in [0.4, 0.5) is 0 Å². The number of rotatable bonds is 10. The molecule has 0 saturated carbocycles. The van der Waals surface area contributed by atoms with Crippen molar-refractivity contribution >= 4 is 29.9 Å². The third-order valence-corrected chi connectivity index (χ3v) is 3.96. The molecule has 0 saturated heterocycles. The third-order valence-electron chi connectivity index (χ3n) is 3.96. The van der Waals surface area contributed by atoms with E-state index in [-0.39, 0.29) is 24.0 Å². The minimum atomic E-state index is 0. The van der Waals surface area contributed by atoms with Gasteiger partial charge in [-0.05, 0) is 31.4 Å². The number of aryl methyl sites for hydroxylation is 1. The molecule has 1 aromatic heterocycles. The summed E-state index contributed by atoms with van der Waals surface area (Å²) in [6, 6.07) is 8.17. The lowest BCUT2D eigenvalue weighted by Crippen LogP contribution is -2.39. The van der Waals surface area contributed by atoms with Crippen LogP contribution in [0, 0.1) is 12.8 Å². The molecular weight excluding hydrogens is 467 g/mol. The lowest BCUT2D eigenvalue weighted by atomic mass is 10.1. The predicted octanol–water partition coefficient (Wildman–Crippen LogP) is 4.04. The maximum atomic E-state index is 5.59. The maximum Gasteiger partial charge on any atom is 0.226 e. The van der Waals surface area contributed by atoms with Gasteiger partial charge in [0.1, 0.15) is 6.26 Å². The Morgan fingerprint density at radius 3 is 2.57 bits per heavy atom. The highest BCUT2D eigenvalue weighted by Crippen LogP contribution is 2.19. The third kappa shape index (κ3) is 9.05. The van der Waals surface area contributed by atoms with Gasteiger partial charge in [0.15, 0.2) is 5.96 Å². The van der Waals surface area contributed by atoms with Gasteiger partial charge < -0.3 is 19.8 Å². The monoisotopic (exact) mass is 500 g/mol. The standard InChI is InChI=1S/C21H32N4O2.HI/c1-16(2)14-26-13-5-11-23-21(22-4)24-12-10-19-15-27-20(25-19)18-8-6-17(3)7-9-18;/h6-9,15-16H,5,10-14H2,1-4H3,(H2,22,23,24);1H. The van der Waals surface area contributed by atoms with Crippen molar-refractivity contribution < 1.29 is 9.15 Å². The van der Waals surface area contributed by atoms with Gasteiger partial charge in [0.2, 0.25) is 5.89 Å². The Hall–Kier alpha value is -1.61. The summed E-state index contributed by atoms with van der Waals surface area (Å²) in [7, 11) is 1.77. The fourth-order valence-electron chi connectivity index (χ4n) is 2.48. The van der Waals surface area contributed by atoms with Crippen molar-refractivity contribution in [3.63, 3.8) is 0 Å². The first kappa shape index (κ1) is 24.4. The van der Waals surface area contributed by atoms with Gasteiger partial charge in [0.25, 0.3) is 0 Å². The average molecular weight is 500 g/mol. The molecule has 0 spiro atoms. The summed E-state index contributed by atoms with van der Waals surface area (Å²) >= 11 is 0. The zero-order valence-electron chi connectivity index (χ0n) is 17.3. The number of halogens is 1. The van der Waals surface area contributed by atoms with Crippen molar-refractivity contribution in [1.29, 1.82) is 0 Å². The molecule has 156 valence electrons. The Kier molecular flexibility index (Phi) is 11.8. The summed E-state index contributed by atoms with van der Waals surface area (Å²) in [5, 5.41) is 6.60. The highest BCUT2D eigenvalue weighted by atomic mass is 127. The van der Waals surface area contributed by atoms with Crippen molar-refractivity contribution in [1.82, 2.24) is 15.6 Å². The van der Waals surface area contributed by atoms with Crippen LogP contribution in [0.2, 0.25) is 0 Å². The van der Waals surface area contributed by atoms with E-state index in [0.717, 1.165) is 56.4 Å². The minimum absolute atomic E-state index is 0. The second kappa shape index (κ2) is 13.5. The van der Waals surface area contributed by atoms with Crippen LogP contribution in [0.15, 0.2) is 39.9 Å². The molecule has 28 heavy (non-hydrogen) atoms. The van der Waals surface area contributed by atoms with E-state index in [4.69, 9.17) is 9.15 Å². The summed E-state index contributed by atoms with van der Waals surface area (Å²) in [5.74, 6) is 2.03. The zero-order chi connectivity index (χ0) is 19.5. The van der Waals surface area contributed by atoms with E-state index < -0.39 is 0 Å². The quantitative estimate of drug-likeness (QED) is 0.223. The molecule has 2 aromatic rings. The number of hydrogen-bond donors (Lipinski definition) is 2. The van der Waals surface area contributed by atoms with Gasteiger partial charge in [-0.15, -0.1) is 24.0 Å². The first-order valence-electron chi connectivity index (χ1n) is 9.62. The Bertz CT molecular complexity index is 699. The summed E-state index contributed by atoms with van der Waals surface area (Å²) in [6.07, 6.45) is 3.45. The molecule has 7 heteroatoms. The molecule has 1 aromatic carbocycles. The average Bonchev–Trinajstić information content (AvgIpc) is 3.12. The number of aromatic nitrogens is 1. The first-order chi connectivity index (χ1) is 13.1. The molecule has 0 radical (unpaired) electrons. The second-order valence-electron chi connectivity index (χ2n) is 7.01. The van der Waals surface area contributed by atoms with E-state index in [9.17, 15) is 0 Å². The number of hydrogen-bond acceptors (Lipinski definition) is 4. The molecule has 0 aliphatic rings. The lowest BCUT2D eigenvalue weighted by Gasteiger charge is -2.11. The van der Waals surface area contributed by atoms with E-state index >= 15 is 0 Å². The molecule has 0 bridgehead atoms. The number of benzene rings is 1. The van der Waals surface area contributed by atoms with E-state index in [0.29, 0.717) is 11.8 Å². The number of ether oxygens (including phenoxy) is 1. The van der Waals surface area contributed by atoms with Gasteiger partial charge in [-0.1, -0.05) is 31.5 Å². The Morgan fingerprint density at radius 2 is 1.89 bits per heavy atom. The lowest BCUT2D eigenvalue weighted by molar-refractivity contribution is 0.108. The number of nitrogens with one attached hydrogen (secondary N) is 2. The molecule has 0 atom stereocenters. The molecule has 0 fully saturated rings. The summed E-state index contributed by atoms with van der Waals surface area (Å²) < 4.78 is 11.2. The van der Waals surface area contributed by atoms with Crippen LogP contribution < -0.4 is 10.6 Å². The van der Waals surface area contributed by atoms with Crippen molar-refractivity contribution in [3.8, 4) is 11.5 Å². The summed E-state index contributed by atoms with van der Waals surface area (Å²) in [6.45, 7) is 9.53. The Morgan fingerprint density at radius 1 is 1.18 bits per heavy atom. The zero-order valence-corrected chi connectivity index (χ0v) is 19.7. The normalized spacial score (nSPS) is 11.4. The molecule has 0 unspecified atom stereocenters. The molecular formula is C21H33IN4O2. The number of nitrogens with zero attached hydrogens (tertiary/aromatic N) is 2. The molecule has 2 rings (SSSR count). The maximum absolute atomic E-state index is 5.59. The Labute approximate surface area is 185 Å². The van der Waals surface area contributed by atoms with Gasteiger partial charge in [0, 0.05) is 45.3 Å². The SMILES string of the molecule is CN=C(NCCCOCC(C)C)NCCc1coc(-c2ccc(C)cc2)n1.I. The van der Waals surface area contributed by atoms with Crippen molar-refractivity contribution in [2.75, 3.05) is 33.4 Å². The summed E-state index contributed by atoms with van der Waals surface area (Å²) in [4.78, 5) is 8.80. The van der Waals surface area contributed by atoms with Crippen molar-refractivity contribution in [2.24, 2.45) is 10.9 Å². The highest BCUT2D eigenvalue weighted by molar-refractivity contribution is 14.0. The summed E-state index contributed by atoms with van der Waals surface area (Å²) in [5.41, 5.74) is 3.15. The van der Waals surface area contributed by atoms with Crippen LogP contribution in [0.3, 0.4) is 0 Å². The molecule has 0 amide bonds. The molecule has 0 aliphatic heterocycles. The van der Waals surface area contributed by atoms with Crippen LogP contribution in [0.25, 0.3) is 11.5 Å². The fourth-order valence-corrected chi connectivity index (χ4v) is 2.48. The first-order valence-corrected chi connectivity index (χ1v) is 9.62. The van der Waals surface area contributed by atoms with Crippen LogP contribution in [0.1, 0.15) is 31.5 Å². The molecule has 1 heterocycles. The Balaban J connectivity index is 0.00000392. The van der Waals surface area contributed by atoms with E-state index in [1.54, 1.807) is 13.3 Å². The predicted molar refractivity (Wildman–Crippen MR) is 125 cm³/mol. The van der Waals surface area contributed by atoms with E-state index in [1.807, 2.05) is 12.1 Å². The smallest absolute Gasteiger partial charge is 0.226 e. The number of aliphatic imine (C=N–C) groups is 1. The van der Waals surface area contributed by atoms with E-state index in [2.05, 4.69) is 53.5 Å². The second-order valence-corrected chi connectivity index (χ2v) is 7.01. The molecule has 6 nitrogen and oxygen atoms in total. The van der Waals surface area contributed by atoms with Crippen molar-refractivity contribution in [3.05, 3.63) is 41.8 Å². The minimum Gasteiger partial charge on any atom is -0.444 e. The number of oxazole rings is 1. The van der Waals surface area contributed by atoms with Gasteiger partial charge in [-0.3, -0.25) is 4.99 Å². The van der Waals surface area contributed by atoms with Crippen LogP contribution in [0.5, 0.6) is 0 Å². The van der Waals surface area contributed by atoms with Crippen LogP contribution in [-0.4, -0.2) is 44.3 Å². The van der Waals surface area contributed by atoms with E-state index in [1.165, 1.54) is 5.56 Å². The topological polar surface area (TPSA) is 71.7 Å². The van der Waals surface area contributed by atoms with Crippen LogP contribution in [-0.2, 0) is 11.2 Å². The van der Waals surface area contributed by atoms with Gasteiger partial charge in [0.05, 0.1) is 5.69 Å². The largest absolute Gasteiger partial charge is 0.444 e.